The number of amides is 3. The zero-order chi connectivity index (χ0) is 27.9. The fourth-order valence-corrected chi connectivity index (χ4v) is 6.03. The lowest BCUT2D eigenvalue weighted by Gasteiger charge is -2.46. The molecule has 0 atom stereocenters. The molecule has 39 heavy (non-hydrogen) atoms. The van der Waals surface area contributed by atoms with Crippen LogP contribution in [0, 0.1) is 11.7 Å². The Bertz CT molecular complexity index is 1300. The lowest BCUT2D eigenvalue weighted by atomic mass is 9.75. The van der Waals surface area contributed by atoms with Gasteiger partial charge >= 0.3 is 6.09 Å². The Hall–Kier alpha value is -3.34. The molecule has 5 rings (SSSR count). The van der Waals surface area contributed by atoms with Gasteiger partial charge in [-0.1, -0.05) is 17.7 Å². The number of nitrogens with one attached hydrogen (secondary N) is 1. The number of hydrogen-bond acceptors (Lipinski definition) is 5. The highest BCUT2D eigenvalue weighted by Gasteiger charge is 2.59. The Morgan fingerprint density at radius 2 is 1.92 bits per heavy atom. The molecule has 0 bridgehead atoms. The van der Waals surface area contributed by atoms with Crippen LogP contribution >= 0.6 is 11.6 Å². The number of carbonyl (C=O) groups excluding carboxylic acids is 3. The van der Waals surface area contributed by atoms with Gasteiger partial charge in [0.05, 0.1) is 22.9 Å². The molecule has 1 saturated heterocycles. The summed E-state index contributed by atoms with van der Waals surface area (Å²) in [6.45, 7) is 2.68. The number of likely N-dealkylation sites (tertiary alicyclic amines) is 1. The topological polar surface area (TPSA) is 91.8 Å². The molecule has 3 aliphatic rings. The second kappa shape index (κ2) is 10.7. The zero-order valence-electron chi connectivity index (χ0n) is 21.3. The number of rotatable bonds is 6. The van der Waals surface area contributed by atoms with E-state index in [9.17, 15) is 27.6 Å². The van der Waals surface area contributed by atoms with Crippen molar-refractivity contribution in [3.63, 3.8) is 0 Å². The molecule has 0 radical (unpaired) electrons. The Morgan fingerprint density at radius 3 is 2.59 bits per heavy atom. The van der Waals surface area contributed by atoms with Gasteiger partial charge < -0.3 is 19.9 Å². The van der Waals surface area contributed by atoms with Crippen LogP contribution in [-0.4, -0.2) is 60.1 Å². The lowest BCUT2D eigenvalue weighted by Crippen LogP contribution is -2.65. The number of anilines is 1. The van der Waals surface area contributed by atoms with Crippen molar-refractivity contribution >= 4 is 35.2 Å². The number of halogens is 4. The molecule has 8 nitrogen and oxygen atoms in total. The molecule has 3 amide bonds. The monoisotopic (exact) mass is 564 g/mol. The molecule has 208 valence electrons. The van der Waals surface area contributed by atoms with E-state index in [0.717, 1.165) is 6.20 Å². The molecule has 12 heteroatoms. The van der Waals surface area contributed by atoms with E-state index >= 15 is 0 Å². The molecule has 2 fully saturated rings. The van der Waals surface area contributed by atoms with Crippen molar-refractivity contribution in [2.45, 2.75) is 50.5 Å². The van der Waals surface area contributed by atoms with Crippen LogP contribution in [0.2, 0.25) is 5.02 Å². The van der Waals surface area contributed by atoms with E-state index in [2.05, 4.69) is 10.3 Å². The van der Waals surface area contributed by atoms with E-state index in [1.807, 2.05) is 0 Å². The largest absolute Gasteiger partial charge is 0.450 e. The van der Waals surface area contributed by atoms with Gasteiger partial charge in [0.15, 0.2) is 0 Å². The van der Waals surface area contributed by atoms with E-state index in [4.69, 9.17) is 16.3 Å². The van der Waals surface area contributed by atoms with Crippen molar-refractivity contribution in [2.75, 3.05) is 31.1 Å². The summed E-state index contributed by atoms with van der Waals surface area (Å²) in [6, 6.07) is 5.27. The minimum Gasteiger partial charge on any atom is -0.450 e. The molecule has 1 aliphatic carbocycles. The van der Waals surface area contributed by atoms with E-state index in [0.29, 0.717) is 43.5 Å². The van der Waals surface area contributed by atoms with E-state index in [1.165, 1.54) is 23.1 Å². The molecule has 0 unspecified atom stereocenters. The first-order chi connectivity index (χ1) is 18.6. The normalized spacial score (nSPS) is 21.6. The summed E-state index contributed by atoms with van der Waals surface area (Å²) < 4.78 is 45.9. The van der Waals surface area contributed by atoms with Crippen molar-refractivity contribution in [2.24, 2.45) is 5.92 Å². The Labute approximate surface area is 228 Å². The standard InChI is InChI=1S/C27H28ClF3N4O4/c1-2-39-26(38)34-13-27(14-34)20-8-5-17(29)10-21(20)35(25(27)37)12-15-3-6-18(7-4-15)33-24(36)19-9-16(28)11-32-22(19)23(30)31/h5,8-11,15,18,23H,2-4,6-7,12-14H2,1H3,(H,33,36)/t15-,18-. The van der Waals surface area contributed by atoms with Gasteiger partial charge in [-0.2, -0.15) is 0 Å². The molecule has 2 aromatic rings. The van der Waals surface area contributed by atoms with Crippen molar-refractivity contribution in [3.05, 3.63) is 58.1 Å². The minimum atomic E-state index is -2.91. The maximum Gasteiger partial charge on any atom is 0.409 e. The summed E-state index contributed by atoms with van der Waals surface area (Å²) in [5.74, 6) is -1.16. The van der Waals surface area contributed by atoms with Crippen LogP contribution in [0.25, 0.3) is 0 Å². The van der Waals surface area contributed by atoms with Gasteiger partial charge in [0, 0.05) is 31.9 Å². The fourth-order valence-electron chi connectivity index (χ4n) is 5.87. The third kappa shape index (κ3) is 5.04. The average molecular weight is 565 g/mol. The van der Waals surface area contributed by atoms with Crippen molar-refractivity contribution in [3.8, 4) is 0 Å². The number of fused-ring (bicyclic) bond motifs is 2. The molecule has 1 aromatic heterocycles. The first kappa shape index (κ1) is 27.2. The maximum absolute atomic E-state index is 14.2. The Morgan fingerprint density at radius 1 is 1.21 bits per heavy atom. The van der Waals surface area contributed by atoms with Gasteiger partial charge in [-0.3, -0.25) is 14.6 Å². The van der Waals surface area contributed by atoms with Crippen LogP contribution in [-0.2, 0) is 14.9 Å². The number of pyridine rings is 1. The van der Waals surface area contributed by atoms with Crippen LogP contribution < -0.4 is 10.2 Å². The fraction of sp³-hybridized carbons (Fsp3) is 0.481. The first-order valence-corrected chi connectivity index (χ1v) is 13.3. The predicted molar refractivity (Wildman–Crippen MR) is 136 cm³/mol. The number of alkyl halides is 2. The molecule has 1 spiro atoms. The second-order valence-electron chi connectivity index (χ2n) is 10.3. The van der Waals surface area contributed by atoms with Gasteiger partial charge in [-0.05, 0) is 62.3 Å². The quantitative estimate of drug-likeness (QED) is 0.541. The number of ether oxygens (including phenoxy) is 1. The highest BCUT2D eigenvalue weighted by molar-refractivity contribution is 6.30. The lowest BCUT2D eigenvalue weighted by molar-refractivity contribution is -0.128. The molecule has 3 heterocycles. The van der Waals surface area contributed by atoms with Crippen molar-refractivity contribution in [1.29, 1.82) is 0 Å². The van der Waals surface area contributed by atoms with Crippen molar-refractivity contribution in [1.82, 2.24) is 15.2 Å². The van der Waals surface area contributed by atoms with Gasteiger partial charge in [-0.25, -0.2) is 18.0 Å². The number of aromatic nitrogens is 1. The minimum absolute atomic E-state index is 0.0925. The molecular weight excluding hydrogens is 537 g/mol. The van der Waals surface area contributed by atoms with Crippen molar-refractivity contribution < 1.29 is 32.3 Å². The van der Waals surface area contributed by atoms with Crippen LogP contribution in [0.1, 0.15) is 60.6 Å². The van der Waals surface area contributed by atoms with E-state index in [1.54, 1.807) is 17.9 Å². The molecule has 1 saturated carbocycles. The maximum atomic E-state index is 14.2. The van der Waals surface area contributed by atoms with Crippen LogP contribution in [0.4, 0.5) is 23.7 Å². The Kier molecular flexibility index (Phi) is 7.45. The van der Waals surface area contributed by atoms with E-state index in [-0.39, 0.29) is 48.1 Å². The summed E-state index contributed by atoms with van der Waals surface area (Å²) in [4.78, 5) is 45.2. The summed E-state index contributed by atoms with van der Waals surface area (Å²) >= 11 is 5.87. The summed E-state index contributed by atoms with van der Waals surface area (Å²) in [7, 11) is 0. The second-order valence-corrected chi connectivity index (χ2v) is 10.7. The van der Waals surface area contributed by atoms with Crippen LogP contribution in [0.3, 0.4) is 0 Å². The van der Waals surface area contributed by atoms with Gasteiger partial charge in [-0.15, -0.1) is 0 Å². The smallest absolute Gasteiger partial charge is 0.409 e. The third-order valence-electron chi connectivity index (χ3n) is 7.83. The highest BCUT2D eigenvalue weighted by atomic mass is 35.5. The summed E-state index contributed by atoms with van der Waals surface area (Å²) in [5.41, 5.74) is -0.541. The SMILES string of the molecule is CCOC(=O)N1CC2(C1)C(=O)N(C[C@H]1CC[C@H](NC(=O)c3cc(Cl)cnc3C(F)F)CC1)c1cc(F)ccc12. The molecule has 2 aliphatic heterocycles. The predicted octanol–water partition coefficient (Wildman–Crippen LogP) is 4.86. The van der Waals surface area contributed by atoms with Gasteiger partial charge in [0.2, 0.25) is 5.91 Å². The van der Waals surface area contributed by atoms with Crippen LogP contribution in [0.15, 0.2) is 30.5 Å². The number of carbonyl (C=O) groups is 3. The van der Waals surface area contributed by atoms with Crippen LogP contribution in [0.5, 0.6) is 0 Å². The van der Waals surface area contributed by atoms with Gasteiger partial charge in [0.1, 0.15) is 16.9 Å². The first-order valence-electron chi connectivity index (χ1n) is 12.9. The molecule has 1 aromatic carbocycles. The summed E-state index contributed by atoms with van der Waals surface area (Å²) in [5, 5.41) is 2.90. The number of nitrogens with zero attached hydrogens (tertiary/aromatic N) is 3. The molecular formula is C27H28ClF3N4O4. The number of benzene rings is 1. The number of hydrogen-bond donors (Lipinski definition) is 1. The summed E-state index contributed by atoms with van der Waals surface area (Å²) in [6.07, 6.45) is 0.229. The third-order valence-corrected chi connectivity index (χ3v) is 8.03. The average Bonchev–Trinajstić information content (AvgIpc) is 3.11. The van der Waals surface area contributed by atoms with E-state index < -0.39 is 35.4 Å². The zero-order valence-corrected chi connectivity index (χ0v) is 22.0. The highest BCUT2D eigenvalue weighted by Crippen LogP contribution is 2.48. The molecule has 1 N–H and O–H groups in total. The Balaban J connectivity index is 1.23. The van der Waals surface area contributed by atoms with Gasteiger partial charge in [0.25, 0.3) is 12.3 Å².